The third-order valence-electron chi connectivity index (χ3n) is 3.48. The average Bonchev–Trinajstić information content (AvgIpc) is 3.11. The number of hydrogen-bond donors (Lipinski definition) is 1. The summed E-state index contributed by atoms with van der Waals surface area (Å²) in [5.74, 6) is 0.220. The predicted molar refractivity (Wildman–Crippen MR) is 93.3 cm³/mol. The summed E-state index contributed by atoms with van der Waals surface area (Å²) in [5, 5.41) is 17.9. The largest absolute Gasteiger partial charge is 0.455 e. The van der Waals surface area contributed by atoms with Crippen LogP contribution >= 0.6 is 0 Å². The van der Waals surface area contributed by atoms with Gasteiger partial charge in [0.2, 0.25) is 0 Å². The second-order valence-electron chi connectivity index (χ2n) is 5.25. The number of aromatic nitrogens is 3. The third-order valence-corrected chi connectivity index (χ3v) is 3.48. The Morgan fingerprint density at radius 1 is 1.27 bits per heavy atom. The summed E-state index contributed by atoms with van der Waals surface area (Å²) in [4.78, 5) is 27.0. The van der Waals surface area contributed by atoms with Gasteiger partial charge in [-0.15, -0.1) is 0 Å². The maximum atomic E-state index is 12.4. The van der Waals surface area contributed by atoms with Crippen molar-refractivity contribution in [1.29, 1.82) is 0 Å². The molecule has 2 aromatic heterocycles. The molecule has 0 unspecified atom stereocenters. The molecule has 3 aromatic rings. The Morgan fingerprint density at radius 3 is 2.81 bits per heavy atom. The number of nitrogens with zero attached hydrogens (tertiary/aromatic N) is 4. The number of rotatable bonds is 6. The van der Waals surface area contributed by atoms with Crippen LogP contribution in [0, 0.1) is 10.1 Å². The van der Waals surface area contributed by atoms with Crippen molar-refractivity contribution >= 4 is 17.3 Å². The molecule has 1 amide bonds. The molecule has 132 valence electrons. The van der Waals surface area contributed by atoms with E-state index in [0.29, 0.717) is 18.0 Å². The van der Waals surface area contributed by atoms with Crippen LogP contribution in [0.25, 0.3) is 0 Å². The Labute approximate surface area is 148 Å². The van der Waals surface area contributed by atoms with Gasteiger partial charge in [0.15, 0.2) is 0 Å². The van der Waals surface area contributed by atoms with E-state index >= 15 is 0 Å². The highest BCUT2D eigenvalue weighted by Crippen LogP contribution is 2.29. The first kappa shape index (κ1) is 17.1. The molecule has 0 aliphatic carbocycles. The van der Waals surface area contributed by atoms with Crippen molar-refractivity contribution in [2.75, 3.05) is 5.32 Å². The number of aryl methyl sites for hydroxylation is 1. The SMILES string of the molecule is CCn1nccc1C(=O)Nc1cc(Oc2cccnc2)cc([N+](=O)[O-])c1. The number of benzene rings is 1. The van der Waals surface area contributed by atoms with E-state index in [0.717, 1.165) is 0 Å². The summed E-state index contributed by atoms with van der Waals surface area (Å²) < 4.78 is 7.12. The summed E-state index contributed by atoms with van der Waals surface area (Å²) >= 11 is 0. The molecule has 0 atom stereocenters. The minimum atomic E-state index is -0.554. The molecular weight excluding hydrogens is 338 g/mol. The molecule has 0 saturated heterocycles. The molecule has 2 heterocycles. The Balaban J connectivity index is 1.88. The number of non-ortho nitro benzene ring substituents is 1. The Hall–Kier alpha value is -3.75. The van der Waals surface area contributed by atoms with E-state index in [1.807, 2.05) is 6.92 Å². The van der Waals surface area contributed by atoms with Gasteiger partial charge in [0.1, 0.15) is 17.2 Å². The van der Waals surface area contributed by atoms with E-state index in [9.17, 15) is 14.9 Å². The van der Waals surface area contributed by atoms with Gasteiger partial charge in [-0.1, -0.05) is 0 Å². The molecule has 0 spiro atoms. The number of anilines is 1. The number of pyridine rings is 1. The second kappa shape index (κ2) is 7.43. The number of amides is 1. The Morgan fingerprint density at radius 2 is 2.12 bits per heavy atom. The lowest BCUT2D eigenvalue weighted by atomic mass is 10.2. The van der Waals surface area contributed by atoms with E-state index in [2.05, 4.69) is 15.4 Å². The molecule has 9 heteroatoms. The van der Waals surface area contributed by atoms with Gasteiger partial charge in [-0.25, -0.2) is 0 Å². The lowest BCUT2D eigenvalue weighted by molar-refractivity contribution is -0.384. The van der Waals surface area contributed by atoms with Gasteiger partial charge < -0.3 is 10.1 Å². The topological polar surface area (TPSA) is 112 Å². The van der Waals surface area contributed by atoms with Crippen LogP contribution in [0.4, 0.5) is 11.4 Å². The number of hydrogen-bond acceptors (Lipinski definition) is 6. The predicted octanol–water partition coefficient (Wildman–Crippen LogP) is 3.25. The van der Waals surface area contributed by atoms with Crippen LogP contribution in [0.2, 0.25) is 0 Å². The minimum Gasteiger partial charge on any atom is -0.455 e. The van der Waals surface area contributed by atoms with Crippen LogP contribution in [0.1, 0.15) is 17.4 Å². The number of nitro benzene ring substituents is 1. The molecule has 3 rings (SSSR count). The van der Waals surface area contributed by atoms with Gasteiger partial charge in [0.25, 0.3) is 11.6 Å². The first-order chi connectivity index (χ1) is 12.6. The Kier molecular flexibility index (Phi) is 4.88. The van der Waals surface area contributed by atoms with Gasteiger partial charge in [-0.3, -0.25) is 24.6 Å². The van der Waals surface area contributed by atoms with E-state index in [1.54, 1.807) is 24.4 Å². The first-order valence-corrected chi connectivity index (χ1v) is 7.77. The number of ether oxygens (including phenoxy) is 1. The number of carbonyl (C=O) groups excluding carboxylic acids is 1. The normalized spacial score (nSPS) is 10.3. The number of nitrogens with one attached hydrogen (secondary N) is 1. The smallest absolute Gasteiger partial charge is 0.275 e. The summed E-state index contributed by atoms with van der Waals surface area (Å²) in [6, 6.07) is 8.97. The van der Waals surface area contributed by atoms with Crippen LogP contribution in [0.3, 0.4) is 0 Å². The van der Waals surface area contributed by atoms with Crippen molar-refractivity contribution in [1.82, 2.24) is 14.8 Å². The summed E-state index contributed by atoms with van der Waals surface area (Å²) in [5.41, 5.74) is 0.395. The molecule has 0 saturated carbocycles. The fourth-order valence-electron chi connectivity index (χ4n) is 2.34. The lowest BCUT2D eigenvalue weighted by Gasteiger charge is -2.10. The van der Waals surface area contributed by atoms with Gasteiger partial charge in [-0.05, 0) is 25.1 Å². The molecular formula is C17H15N5O4. The zero-order valence-corrected chi connectivity index (χ0v) is 13.8. The fraction of sp³-hybridized carbons (Fsp3) is 0.118. The van der Waals surface area contributed by atoms with Crippen molar-refractivity contribution in [2.45, 2.75) is 13.5 Å². The van der Waals surface area contributed by atoms with Crippen molar-refractivity contribution in [3.63, 3.8) is 0 Å². The summed E-state index contributed by atoms with van der Waals surface area (Å²) in [6.07, 6.45) is 4.59. The lowest BCUT2D eigenvalue weighted by Crippen LogP contribution is -2.17. The van der Waals surface area contributed by atoms with E-state index in [1.165, 1.54) is 35.3 Å². The van der Waals surface area contributed by atoms with E-state index < -0.39 is 10.8 Å². The van der Waals surface area contributed by atoms with Crippen LogP contribution in [-0.2, 0) is 6.54 Å². The molecule has 1 N–H and O–H groups in total. The van der Waals surface area contributed by atoms with Crippen molar-refractivity contribution in [3.05, 3.63) is 70.8 Å². The maximum Gasteiger partial charge on any atom is 0.275 e. The molecule has 26 heavy (non-hydrogen) atoms. The van der Waals surface area contributed by atoms with Crippen molar-refractivity contribution in [3.8, 4) is 11.5 Å². The molecule has 1 aromatic carbocycles. The van der Waals surface area contributed by atoms with Crippen LogP contribution in [0.15, 0.2) is 55.0 Å². The third kappa shape index (κ3) is 3.83. The molecule has 0 aliphatic heterocycles. The quantitative estimate of drug-likeness (QED) is 0.538. The average molecular weight is 353 g/mol. The summed E-state index contributed by atoms with van der Waals surface area (Å²) in [7, 11) is 0. The minimum absolute atomic E-state index is 0.203. The molecule has 0 aliphatic rings. The molecule has 0 fully saturated rings. The second-order valence-corrected chi connectivity index (χ2v) is 5.25. The fourth-order valence-corrected chi connectivity index (χ4v) is 2.34. The van der Waals surface area contributed by atoms with Crippen molar-refractivity contribution < 1.29 is 14.5 Å². The van der Waals surface area contributed by atoms with Crippen LogP contribution in [0.5, 0.6) is 11.5 Å². The molecule has 9 nitrogen and oxygen atoms in total. The van der Waals surface area contributed by atoms with Crippen molar-refractivity contribution in [2.24, 2.45) is 0 Å². The van der Waals surface area contributed by atoms with Gasteiger partial charge in [0.05, 0.1) is 22.9 Å². The highest BCUT2D eigenvalue weighted by molar-refractivity contribution is 6.03. The Bertz CT molecular complexity index is 939. The first-order valence-electron chi connectivity index (χ1n) is 7.77. The number of nitro groups is 1. The standard InChI is InChI=1S/C17H15N5O4/c1-2-21-16(5-7-19-21)17(23)20-12-8-13(22(24)25)10-15(9-12)26-14-4-3-6-18-11-14/h3-11H,2H2,1H3,(H,20,23). The monoisotopic (exact) mass is 353 g/mol. The molecule has 0 bridgehead atoms. The summed E-state index contributed by atoms with van der Waals surface area (Å²) in [6.45, 7) is 2.39. The van der Waals surface area contributed by atoms with Crippen LogP contribution < -0.4 is 10.1 Å². The zero-order chi connectivity index (χ0) is 18.5. The van der Waals surface area contributed by atoms with Crippen LogP contribution in [-0.4, -0.2) is 25.6 Å². The zero-order valence-electron chi connectivity index (χ0n) is 13.8. The highest BCUT2D eigenvalue weighted by Gasteiger charge is 2.16. The maximum absolute atomic E-state index is 12.4. The van der Waals surface area contributed by atoms with E-state index in [4.69, 9.17) is 4.74 Å². The number of carbonyl (C=O) groups is 1. The highest BCUT2D eigenvalue weighted by atomic mass is 16.6. The van der Waals surface area contributed by atoms with E-state index in [-0.39, 0.29) is 17.1 Å². The van der Waals surface area contributed by atoms with Gasteiger partial charge in [0, 0.05) is 31.1 Å². The van der Waals surface area contributed by atoms with Gasteiger partial charge >= 0.3 is 0 Å². The molecule has 0 radical (unpaired) electrons. The van der Waals surface area contributed by atoms with Gasteiger partial charge in [-0.2, -0.15) is 5.10 Å².